The Kier molecular flexibility index (Phi) is 6.79. The van der Waals surface area contributed by atoms with Gasteiger partial charge in [-0.1, -0.05) is 0 Å². The van der Waals surface area contributed by atoms with Crippen LogP contribution in [0.3, 0.4) is 0 Å². The second kappa shape index (κ2) is 9.49. The average Bonchev–Trinajstić information content (AvgIpc) is 2.72. The zero-order chi connectivity index (χ0) is 20.8. The van der Waals surface area contributed by atoms with Gasteiger partial charge < -0.3 is 21.8 Å². The zero-order valence-corrected chi connectivity index (χ0v) is 16.3. The van der Waals surface area contributed by atoms with Crippen molar-refractivity contribution >= 4 is 11.4 Å². The molecule has 0 bridgehead atoms. The molecular formula is C21H27N5O3. The third-order valence-electron chi connectivity index (χ3n) is 4.86. The van der Waals surface area contributed by atoms with Crippen molar-refractivity contribution in [3.8, 4) is 16.9 Å². The molecule has 0 saturated heterocycles. The number of hydrogen-bond donors (Lipinski definition) is 4. The number of unbranched alkanes of at least 4 members (excludes halogenated alkanes) is 2. The fourth-order valence-corrected chi connectivity index (χ4v) is 3.37. The number of phenols is 1. The summed E-state index contributed by atoms with van der Waals surface area (Å²) < 4.78 is 0.800. The fourth-order valence-electron chi connectivity index (χ4n) is 3.37. The van der Waals surface area contributed by atoms with Crippen LogP contribution in [0.15, 0.2) is 45.4 Å². The zero-order valence-electron chi connectivity index (χ0n) is 16.3. The van der Waals surface area contributed by atoms with E-state index in [1.807, 2.05) is 0 Å². The third-order valence-corrected chi connectivity index (χ3v) is 4.86. The topological polar surface area (TPSA) is 139 Å². The number of allylic oxidation sites excluding steroid dienone is 2. The molecule has 1 heterocycles. The molecule has 0 aromatic rings. The van der Waals surface area contributed by atoms with E-state index in [9.17, 15) is 15.1 Å². The predicted molar refractivity (Wildman–Crippen MR) is 115 cm³/mol. The first-order valence-corrected chi connectivity index (χ1v) is 9.86. The third kappa shape index (κ3) is 4.38. The summed E-state index contributed by atoms with van der Waals surface area (Å²) in [5.41, 5.74) is 13.1. The van der Waals surface area contributed by atoms with E-state index >= 15 is 0 Å². The largest absolute Gasteiger partial charge is 0.507 e. The van der Waals surface area contributed by atoms with Crippen LogP contribution in [0.4, 0.5) is 0 Å². The van der Waals surface area contributed by atoms with Crippen molar-refractivity contribution in [2.75, 3.05) is 26.2 Å². The van der Waals surface area contributed by atoms with Crippen molar-refractivity contribution in [2.45, 2.75) is 25.7 Å². The monoisotopic (exact) mass is 397 g/mol. The Balaban J connectivity index is 2.15. The van der Waals surface area contributed by atoms with Gasteiger partial charge in [0, 0.05) is 24.8 Å². The SMILES string of the molecule is NCCCCN=C1C=CC(=NCCCCN)c2c1c(O)c1ccn(O)cc-1c2=O. The lowest BCUT2D eigenvalue weighted by Crippen LogP contribution is -2.26. The molecule has 1 aliphatic heterocycles. The first-order valence-electron chi connectivity index (χ1n) is 9.86. The van der Waals surface area contributed by atoms with Gasteiger partial charge in [-0.15, -0.1) is 0 Å². The molecule has 0 spiro atoms. The number of benzene rings is 1. The van der Waals surface area contributed by atoms with Crippen LogP contribution in [0.2, 0.25) is 0 Å². The van der Waals surface area contributed by atoms with E-state index in [2.05, 4.69) is 9.98 Å². The fraction of sp³-hybridized carbons (Fsp3) is 0.381. The Morgan fingerprint density at radius 1 is 0.897 bits per heavy atom. The molecule has 0 atom stereocenters. The molecule has 3 aliphatic rings. The van der Waals surface area contributed by atoms with Gasteiger partial charge in [0.05, 0.1) is 34.3 Å². The van der Waals surface area contributed by atoms with Crippen molar-refractivity contribution in [3.05, 3.63) is 52.0 Å². The van der Waals surface area contributed by atoms with Crippen LogP contribution < -0.4 is 16.9 Å². The number of phenolic OH excluding ortho intramolecular Hbond substituents is 1. The number of nitrogens with zero attached hydrogens (tertiary/aromatic N) is 3. The van der Waals surface area contributed by atoms with Crippen molar-refractivity contribution in [3.63, 3.8) is 0 Å². The number of pyridine rings is 1. The summed E-state index contributed by atoms with van der Waals surface area (Å²) in [5.74, 6) is -0.0354. The summed E-state index contributed by atoms with van der Waals surface area (Å²) in [7, 11) is 0. The normalized spacial score (nSPS) is 16.1. The van der Waals surface area contributed by atoms with Gasteiger partial charge in [0.1, 0.15) is 5.75 Å². The Hall–Kier alpha value is -2.97. The number of fused-ring (bicyclic) bond motifs is 2. The molecule has 0 saturated carbocycles. The van der Waals surface area contributed by atoms with Crippen LogP contribution in [0, 0.1) is 0 Å². The number of hydrogen-bond acceptors (Lipinski definition) is 7. The van der Waals surface area contributed by atoms with Crippen molar-refractivity contribution in [2.24, 2.45) is 21.5 Å². The Labute approximate surface area is 169 Å². The quantitative estimate of drug-likeness (QED) is 0.395. The highest BCUT2D eigenvalue weighted by molar-refractivity contribution is 6.27. The molecule has 154 valence electrons. The minimum atomic E-state index is -0.298. The van der Waals surface area contributed by atoms with E-state index in [-0.39, 0.29) is 16.7 Å². The van der Waals surface area contributed by atoms with Gasteiger partial charge in [-0.2, -0.15) is 0 Å². The molecule has 2 aliphatic carbocycles. The standard InChI is InChI=1S/C21H27N5O3/c22-8-1-3-10-24-16-5-6-17(25-11-4-2-9-23)19-18(16)20(27)14-7-12-26(29)13-15(14)21(19)28/h5-7,12-13,27,29H,1-4,8-11,22-23H2. The smallest absolute Gasteiger partial charge is 0.198 e. The van der Waals surface area contributed by atoms with Gasteiger partial charge in [-0.3, -0.25) is 14.8 Å². The van der Waals surface area contributed by atoms with Crippen LogP contribution in [0.5, 0.6) is 5.75 Å². The van der Waals surface area contributed by atoms with Crippen LogP contribution in [-0.2, 0) is 0 Å². The molecule has 8 nitrogen and oxygen atoms in total. The van der Waals surface area contributed by atoms with Crippen molar-refractivity contribution in [1.29, 1.82) is 0 Å². The molecule has 29 heavy (non-hydrogen) atoms. The minimum Gasteiger partial charge on any atom is -0.507 e. The minimum absolute atomic E-state index is 0.0354. The van der Waals surface area contributed by atoms with Gasteiger partial charge in [0.15, 0.2) is 5.43 Å². The lowest BCUT2D eigenvalue weighted by atomic mass is 9.86. The average molecular weight is 397 g/mol. The first kappa shape index (κ1) is 20.8. The number of aromatic nitrogens is 1. The lowest BCUT2D eigenvalue weighted by molar-refractivity contribution is 0.184. The molecule has 0 unspecified atom stereocenters. The summed E-state index contributed by atoms with van der Waals surface area (Å²) in [6.07, 6.45) is 9.54. The number of rotatable bonds is 8. The maximum Gasteiger partial charge on any atom is 0.198 e. The van der Waals surface area contributed by atoms with Gasteiger partial charge in [-0.05, 0) is 57.0 Å². The molecule has 0 aromatic heterocycles. The van der Waals surface area contributed by atoms with Crippen LogP contribution in [-0.4, -0.2) is 52.6 Å². The van der Waals surface area contributed by atoms with Gasteiger partial charge >= 0.3 is 0 Å². The molecule has 0 radical (unpaired) electrons. The Bertz CT molecular complexity index is 991. The van der Waals surface area contributed by atoms with Crippen molar-refractivity contribution < 1.29 is 10.3 Å². The van der Waals surface area contributed by atoms with Gasteiger partial charge in [0.2, 0.25) is 0 Å². The molecule has 0 fully saturated rings. The molecular weight excluding hydrogens is 370 g/mol. The maximum atomic E-state index is 13.3. The summed E-state index contributed by atoms with van der Waals surface area (Å²) in [4.78, 5) is 22.4. The summed E-state index contributed by atoms with van der Waals surface area (Å²) in [6.45, 7) is 2.27. The first-order chi connectivity index (χ1) is 14.1. The molecule has 0 amide bonds. The summed E-state index contributed by atoms with van der Waals surface area (Å²) in [5, 5.41) is 20.7. The second-order valence-electron chi connectivity index (χ2n) is 6.94. The van der Waals surface area contributed by atoms with Crippen LogP contribution >= 0.6 is 0 Å². The van der Waals surface area contributed by atoms with E-state index < -0.39 is 0 Å². The molecule has 8 heteroatoms. The lowest BCUT2D eigenvalue weighted by Gasteiger charge is -2.20. The summed E-state index contributed by atoms with van der Waals surface area (Å²) in [6, 6.07) is 1.51. The highest BCUT2D eigenvalue weighted by Gasteiger charge is 2.28. The van der Waals surface area contributed by atoms with Crippen molar-refractivity contribution in [1.82, 2.24) is 4.73 Å². The van der Waals surface area contributed by atoms with Gasteiger partial charge in [0.25, 0.3) is 0 Å². The van der Waals surface area contributed by atoms with E-state index in [0.29, 0.717) is 54.3 Å². The summed E-state index contributed by atoms with van der Waals surface area (Å²) >= 11 is 0. The molecule has 6 N–H and O–H groups in total. The van der Waals surface area contributed by atoms with E-state index in [1.165, 1.54) is 18.5 Å². The highest BCUT2D eigenvalue weighted by atomic mass is 16.5. The molecule has 3 rings (SSSR count). The van der Waals surface area contributed by atoms with E-state index in [1.54, 1.807) is 12.2 Å². The number of aliphatic imine (C=N–C) groups is 2. The second-order valence-corrected chi connectivity index (χ2v) is 6.94. The van der Waals surface area contributed by atoms with E-state index in [0.717, 1.165) is 30.4 Å². The van der Waals surface area contributed by atoms with E-state index in [4.69, 9.17) is 11.5 Å². The predicted octanol–water partition coefficient (Wildman–Crippen LogP) is 1.52. The number of aromatic hydroxyl groups is 1. The van der Waals surface area contributed by atoms with Crippen LogP contribution in [0.1, 0.15) is 36.8 Å². The van der Waals surface area contributed by atoms with Crippen LogP contribution in [0.25, 0.3) is 11.1 Å². The molecule has 0 aromatic carbocycles. The Morgan fingerprint density at radius 2 is 1.48 bits per heavy atom. The maximum absolute atomic E-state index is 13.3. The van der Waals surface area contributed by atoms with Gasteiger partial charge in [-0.25, -0.2) is 4.73 Å². The highest BCUT2D eigenvalue weighted by Crippen LogP contribution is 2.35. The Morgan fingerprint density at radius 3 is 2.07 bits per heavy atom. The number of nitrogens with two attached hydrogens (primary N) is 2.